The molecule has 0 spiro atoms. The van der Waals surface area contributed by atoms with E-state index in [0.29, 0.717) is 5.15 Å². The first kappa shape index (κ1) is 11.0. The minimum absolute atomic E-state index is 0.452. The fraction of sp³-hybridized carbons (Fsp3) is 0.100. The van der Waals surface area contributed by atoms with Gasteiger partial charge in [-0.1, -0.05) is 11.6 Å². The van der Waals surface area contributed by atoms with Crippen LogP contribution in [-0.2, 0) is 7.05 Å². The van der Waals surface area contributed by atoms with E-state index in [4.69, 9.17) is 11.6 Å². The highest BCUT2D eigenvalue weighted by Gasteiger charge is 2.11. The van der Waals surface area contributed by atoms with Crippen LogP contribution in [0.2, 0.25) is 5.15 Å². The van der Waals surface area contributed by atoms with E-state index in [1.807, 2.05) is 19.4 Å². The van der Waals surface area contributed by atoms with Crippen molar-refractivity contribution in [1.29, 1.82) is 0 Å². The Morgan fingerprint density at radius 2 is 2.06 bits per heavy atom. The summed E-state index contributed by atoms with van der Waals surface area (Å²) >= 11 is 8.35. The van der Waals surface area contributed by atoms with Crippen LogP contribution in [0.4, 0.5) is 0 Å². The molecule has 0 aliphatic carbocycles. The van der Waals surface area contributed by atoms with Crippen LogP contribution in [-0.4, -0.2) is 24.4 Å². The van der Waals surface area contributed by atoms with Crippen molar-refractivity contribution in [3.63, 3.8) is 0 Å². The van der Waals surface area contributed by atoms with Crippen LogP contribution in [0.25, 0.3) is 16.8 Å². The standard InChI is InChI=1S/C10H7ClIN5/c1-16-4-6(2-13-16)8-5-17-9(10(11)15-8)7(12)3-14-17/h2-5H,1H3. The van der Waals surface area contributed by atoms with E-state index in [1.54, 1.807) is 21.6 Å². The van der Waals surface area contributed by atoms with E-state index in [1.165, 1.54) is 0 Å². The van der Waals surface area contributed by atoms with Crippen molar-refractivity contribution >= 4 is 39.7 Å². The normalized spacial score (nSPS) is 11.2. The molecule has 0 aliphatic rings. The molecule has 86 valence electrons. The highest BCUT2D eigenvalue weighted by Crippen LogP contribution is 2.24. The fourth-order valence-electron chi connectivity index (χ4n) is 1.63. The maximum atomic E-state index is 6.16. The van der Waals surface area contributed by atoms with Crippen LogP contribution in [0.5, 0.6) is 0 Å². The second-order valence-electron chi connectivity index (χ2n) is 3.61. The van der Waals surface area contributed by atoms with Gasteiger partial charge in [-0.15, -0.1) is 0 Å². The van der Waals surface area contributed by atoms with Crippen molar-refractivity contribution in [1.82, 2.24) is 24.4 Å². The summed E-state index contributed by atoms with van der Waals surface area (Å²) in [6.45, 7) is 0. The number of hydrogen-bond acceptors (Lipinski definition) is 3. The van der Waals surface area contributed by atoms with E-state index in [2.05, 4.69) is 37.8 Å². The third-order valence-corrected chi connectivity index (χ3v) is 3.46. The number of nitrogens with zero attached hydrogens (tertiary/aromatic N) is 5. The molecule has 0 saturated carbocycles. The van der Waals surface area contributed by atoms with Crippen LogP contribution >= 0.6 is 34.2 Å². The van der Waals surface area contributed by atoms with E-state index in [0.717, 1.165) is 20.3 Å². The number of halogens is 2. The Morgan fingerprint density at radius 1 is 1.24 bits per heavy atom. The Balaban J connectivity index is 2.25. The van der Waals surface area contributed by atoms with Crippen LogP contribution in [0.1, 0.15) is 0 Å². The molecule has 0 N–H and O–H groups in total. The lowest BCUT2D eigenvalue weighted by Crippen LogP contribution is -1.93. The average molecular weight is 360 g/mol. The Kier molecular flexibility index (Phi) is 2.55. The fourth-order valence-corrected chi connectivity index (χ4v) is 2.69. The number of hydrogen-bond donors (Lipinski definition) is 0. The third kappa shape index (κ3) is 1.81. The first-order valence-electron chi connectivity index (χ1n) is 4.83. The van der Waals surface area contributed by atoms with Gasteiger partial charge in [0.1, 0.15) is 5.52 Å². The van der Waals surface area contributed by atoms with Gasteiger partial charge in [0.2, 0.25) is 0 Å². The zero-order valence-corrected chi connectivity index (χ0v) is 11.7. The highest BCUT2D eigenvalue weighted by atomic mass is 127. The van der Waals surface area contributed by atoms with E-state index < -0.39 is 0 Å². The molecule has 0 bridgehead atoms. The molecule has 3 rings (SSSR count). The van der Waals surface area contributed by atoms with Crippen LogP contribution in [0, 0.1) is 3.57 Å². The Labute approximate surface area is 116 Å². The second-order valence-corrected chi connectivity index (χ2v) is 5.13. The SMILES string of the molecule is Cn1cc(-c2cn3ncc(I)c3c(Cl)n2)cn1. The zero-order chi connectivity index (χ0) is 12.0. The lowest BCUT2D eigenvalue weighted by atomic mass is 10.3. The summed E-state index contributed by atoms with van der Waals surface area (Å²) < 4.78 is 4.44. The first-order chi connectivity index (χ1) is 8.15. The molecule has 0 saturated heterocycles. The summed E-state index contributed by atoms with van der Waals surface area (Å²) in [6.07, 6.45) is 7.24. The molecule has 0 unspecified atom stereocenters. The maximum absolute atomic E-state index is 6.16. The van der Waals surface area contributed by atoms with Crippen molar-refractivity contribution in [3.05, 3.63) is 33.5 Å². The van der Waals surface area contributed by atoms with Crippen molar-refractivity contribution in [2.45, 2.75) is 0 Å². The molecule has 3 aromatic heterocycles. The molecular weight excluding hydrogens is 353 g/mol. The molecule has 0 fully saturated rings. The predicted molar refractivity (Wildman–Crippen MR) is 72.9 cm³/mol. The van der Waals surface area contributed by atoms with E-state index >= 15 is 0 Å². The summed E-state index contributed by atoms with van der Waals surface area (Å²) in [6, 6.07) is 0. The summed E-state index contributed by atoms with van der Waals surface area (Å²) in [5.74, 6) is 0. The molecule has 0 aromatic carbocycles. The van der Waals surface area contributed by atoms with Gasteiger partial charge in [0.15, 0.2) is 5.15 Å². The lowest BCUT2D eigenvalue weighted by Gasteiger charge is -2.01. The maximum Gasteiger partial charge on any atom is 0.156 e. The topological polar surface area (TPSA) is 48.0 Å². The van der Waals surface area contributed by atoms with Crippen LogP contribution < -0.4 is 0 Å². The van der Waals surface area contributed by atoms with E-state index in [-0.39, 0.29) is 0 Å². The van der Waals surface area contributed by atoms with Crippen molar-refractivity contribution in [2.75, 3.05) is 0 Å². The number of aromatic nitrogens is 5. The third-order valence-electron chi connectivity index (χ3n) is 2.41. The molecule has 0 radical (unpaired) electrons. The monoisotopic (exact) mass is 359 g/mol. The average Bonchev–Trinajstić information content (AvgIpc) is 2.86. The Morgan fingerprint density at radius 3 is 2.76 bits per heavy atom. The van der Waals surface area contributed by atoms with Crippen LogP contribution in [0.3, 0.4) is 0 Å². The van der Waals surface area contributed by atoms with Crippen molar-refractivity contribution in [2.24, 2.45) is 7.05 Å². The van der Waals surface area contributed by atoms with Gasteiger partial charge >= 0.3 is 0 Å². The van der Waals surface area contributed by atoms with Gasteiger partial charge in [0.05, 0.1) is 27.9 Å². The van der Waals surface area contributed by atoms with Crippen LogP contribution in [0.15, 0.2) is 24.8 Å². The Bertz CT molecular complexity index is 702. The number of aryl methyl sites for hydroxylation is 1. The summed E-state index contributed by atoms with van der Waals surface area (Å²) in [5, 5.41) is 8.79. The van der Waals surface area contributed by atoms with Gasteiger partial charge in [-0.05, 0) is 22.6 Å². The quantitative estimate of drug-likeness (QED) is 0.627. The second kappa shape index (κ2) is 3.95. The van der Waals surface area contributed by atoms with E-state index in [9.17, 15) is 0 Å². The van der Waals surface area contributed by atoms with Crippen molar-refractivity contribution in [3.8, 4) is 11.3 Å². The van der Waals surface area contributed by atoms with Gasteiger partial charge in [0, 0.05) is 18.8 Å². The van der Waals surface area contributed by atoms with Gasteiger partial charge in [-0.3, -0.25) is 4.68 Å². The number of rotatable bonds is 1. The summed E-state index contributed by atoms with van der Waals surface area (Å²) in [4.78, 5) is 4.36. The van der Waals surface area contributed by atoms with Gasteiger partial charge in [0.25, 0.3) is 0 Å². The summed E-state index contributed by atoms with van der Waals surface area (Å²) in [7, 11) is 1.86. The van der Waals surface area contributed by atoms with Gasteiger partial charge in [-0.2, -0.15) is 10.2 Å². The molecule has 3 heterocycles. The molecule has 7 heteroatoms. The molecule has 3 aromatic rings. The first-order valence-corrected chi connectivity index (χ1v) is 6.29. The number of fused-ring (bicyclic) bond motifs is 1. The molecule has 17 heavy (non-hydrogen) atoms. The van der Waals surface area contributed by atoms with Gasteiger partial charge < -0.3 is 0 Å². The van der Waals surface area contributed by atoms with Crippen molar-refractivity contribution < 1.29 is 0 Å². The molecule has 5 nitrogen and oxygen atoms in total. The predicted octanol–water partition coefficient (Wildman–Crippen LogP) is 2.39. The highest BCUT2D eigenvalue weighted by molar-refractivity contribution is 14.1. The van der Waals surface area contributed by atoms with Gasteiger partial charge in [-0.25, -0.2) is 9.50 Å². The minimum atomic E-state index is 0.452. The Hall–Kier alpha value is -1.15. The lowest BCUT2D eigenvalue weighted by molar-refractivity contribution is 0.768. The molecule has 0 atom stereocenters. The molecular formula is C10H7ClIN5. The molecule has 0 amide bonds. The summed E-state index contributed by atoms with van der Waals surface area (Å²) in [5.41, 5.74) is 2.51. The largest absolute Gasteiger partial charge is 0.275 e. The smallest absolute Gasteiger partial charge is 0.156 e. The zero-order valence-electron chi connectivity index (χ0n) is 8.80. The minimum Gasteiger partial charge on any atom is -0.275 e. The molecule has 0 aliphatic heterocycles.